The lowest BCUT2D eigenvalue weighted by Gasteiger charge is -2.23. The van der Waals surface area contributed by atoms with Gasteiger partial charge in [0.25, 0.3) is 0 Å². The molecule has 0 heterocycles. The Labute approximate surface area is 330 Å². The topological polar surface area (TPSA) is 133 Å². The second kappa shape index (κ2) is 24.9. The van der Waals surface area contributed by atoms with Gasteiger partial charge >= 0.3 is 23.9 Å². The van der Waals surface area contributed by atoms with Crippen LogP contribution in [-0.4, -0.2) is 63.5 Å². The molecule has 11 nitrogen and oxygen atoms in total. The predicted molar refractivity (Wildman–Crippen MR) is 214 cm³/mol. The number of esters is 4. The summed E-state index contributed by atoms with van der Waals surface area (Å²) in [7, 11) is 0. The third-order valence-corrected chi connectivity index (χ3v) is 8.37. The number of ether oxygens (including phenoxy) is 7. The van der Waals surface area contributed by atoms with Gasteiger partial charge in [0, 0.05) is 37.4 Å². The molecule has 0 N–H and O–H groups in total. The first kappa shape index (κ1) is 45.0. The Bertz CT molecular complexity index is 1690. The quantitative estimate of drug-likeness (QED) is 0.0335. The van der Waals surface area contributed by atoms with Gasteiger partial charge < -0.3 is 33.2 Å². The molecule has 3 aromatic rings. The molecule has 3 aromatic carbocycles. The second-order valence-corrected chi connectivity index (χ2v) is 14.0. The van der Waals surface area contributed by atoms with Crippen LogP contribution in [0.2, 0.25) is 0 Å². The largest absolute Gasteiger partial charge is 0.494 e. The second-order valence-electron chi connectivity index (χ2n) is 14.0. The predicted octanol–water partition coefficient (Wildman–Crippen LogP) is 9.17. The molecular weight excluding hydrogens is 716 g/mol. The Hall–Kier alpha value is -5.42. The van der Waals surface area contributed by atoms with Gasteiger partial charge in [0.2, 0.25) is 0 Å². The summed E-state index contributed by atoms with van der Waals surface area (Å²) in [4.78, 5) is 48.2. The lowest BCUT2D eigenvalue weighted by molar-refractivity contribution is -0.138. The molecule has 0 aliphatic rings. The molecule has 0 aliphatic heterocycles. The van der Waals surface area contributed by atoms with Crippen molar-refractivity contribution < 1.29 is 52.3 Å². The maximum absolute atomic E-state index is 13.1. The van der Waals surface area contributed by atoms with E-state index in [-0.39, 0.29) is 0 Å². The molecule has 0 atom stereocenters. The van der Waals surface area contributed by atoms with E-state index >= 15 is 0 Å². The number of carbonyl (C=O) groups excluding carboxylic acids is 4. The molecule has 0 saturated carbocycles. The smallest absolute Gasteiger partial charge is 0.343 e. The third-order valence-electron chi connectivity index (χ3n) is 8.37. The van der Waals surface area contributed by atoms with Crippen LogP contribution >= 0.6 is 0 Å². The van der Waals surface area contributed by atoms with Crippen LogP contribution in [0.25, 0.3) is 0 Å². The zero-order chi connectivity index (χ0) is 40.6. The van der Waals surface area contributed by atoms with Crippen LogP contribution in [0.5, 0.6) is 23.0 Å². The first-order chi connectivity index (χ1) is 27.0. The van der Waals surface area contributed by atoms with Crippen molar-refractivity contribution in [2.24, 2.45) is 0 Å². The van der Waals surface area contributed by atoms with Gasteiger partial charge in [-0.1, -0.05) is 40.3 Å². The normalized spacial score (nSPS) is 10.9. The Morgan fingerprint density at radius 1 is 0.518 bits per heavy atom. The summed E-state index contributed by atoms with van der Waals surface area (Å²) in [5, 5.41) is 0. The SMILES string of the molecule is C=CC(=O)OCCCCCCOc1ccc(C(=O)Oc2ccc(OC(=O)c3ccc(OCCCCCCOCCCOC(=O)C=C)cc3)cc2C(C)(C)C)cc1. The van der Waals surface area contributed by atoms with Gasteiger partial charge in [0.15, 0.2) is 0 Å². The van der Waals surface area contributed by atoms with Gasteiger partial charge in [-0.25, -0.2) is 19.2 Å². The average Bonchev–Trinajstić information content (AvgIpc) is 3.19. The first-order valence-corrected chi connectivity index (χ1v) is 19.2. The molecule has 0 unspecified atom stereocenters. The highest BCUT2D eigenvalue weighted by atomic mass is 16.5. The number of hydrogen-bond acceptors (Lipinski definition) is 11. The Morgan fingerprint density at radius 2 is 0.946 bits per heavy atom. The fourth-order valence-electron chi connectivity index (χ4n) is 5.27. The lowest BCUT2D eigenvalue weighted by atomic mass is 9.86. The van der Waals surface area contributed by atoms with E-state index < -0.39 is 29.3 Å². The van der Waals surface area contributed by atoms with Crippen molar-refractivity contribution in [1.82, 2.24) is 0 Å². The van der Waals surface area contributed by atoms with Crippen molar-refractivity contribution in [1.29, 1.82) is 0 Å². The molecule has 0 bridgehead atoms. The Kier molecular flexibility index (Phi) is 20.0. The van der Waals surface area contributed by atoms with Crippen molar-refractivity contribution in [3.8, 4) is 23.0 Å². The van der Waals surface area contributed by atoms with Crippen molar-refractivity contribution in [3.05, 3.63) is 109 Å². The van der Waals surface area contributed by atoms with Crippen LogP contribution < -0.4 is 18.9 Å². The standard InChI is InChI=1S/C45H56O11/c1-6-41(46)53-31-15-11-10-14-30-52-37-23-19-35(20-24-37)44(49)56-40-26-25-38(33-39(40)45(3,4)5)55-43(48)34-17-21-36(22-18-34)51-29-13-9-8-12-27-50-28-16-32-54-42(47)7-2/h6-7,17-26,33H,1-2,8-16,27-32H2,3-5H3. The van der Waals surface area contributed by atoms with Crippen molar-refractivity contribution in [2.75, 3.05) is 39.6 Å². The van der Waals surface area contributed by atoms with E-state index in [1.54, 1.807) is 66.7 Å². The molecule has 3 rings (SSSR count). The van der Waals surface area contributed by atoms with E-state index in [1.165, 1.54) is 0 Å². The molecule has 56 heavy (non-hydrogen) atoms. The number of unbranched alkanes of at least 4 members (excludes halogenated alkanes) is 6. The molecule has 0 saturated heterocycles. The molecule has 11 heteroatoms. The summed E-state index contributed by atoms with van der Waals surface area (Å²) in [6.07, 6.45) is 10.3. The van der Waals surface area contributed by atoms with Crippen LogP contribution in [0.1, 0.15) is 105 Å². The van der Waals surface area contributed by atoms with Gasteiger partial charge in [-0.15, -0.1) is 0 Å². The monoisotopic (exact) mass is 772 g/mol. The van der Waals surface area contributed by atoms with E-state index in [4.69, 9.17) is 33.2 Å². The summed E-state index contributed by atoms with van der Waals surface area (Å²) in [6.45, 7) is 15.7. The first-order valence-electron chi connectivity index (χ1n) is 19.2. The zero-order valence-corrected chi connectivity index (χ0v) is 33.0. The van der Waals surface area contributed by atoms with Gasteiger partial charge in [0.05, 0.1) is 37.6 Å². The van der Waals surface area contributed by atoms with Crippen LogP contribution in [0.4, 0.5) is 0 Å². The molecular formula is C45H56O11. The number of hydrogen-bond donors (Lipinski definition) is 0. The third kappa shape index (κ3) is 17.4. The molecule has 0 aliphatic carbocycles. The Morgan fingerprint density at radius 3 is 1.45 bits per heavy atom. The summed E-state index contributed by atoms with van der Waals surface area (Å²) in [5.41, 5.74) is 1.02. The molecule has 0 spiro atoms. The minimum atomic E-state index is -0.519. The molecule has 0 aromatic heterocycles. The average molecular weight is 773 g/mol. The van der Waals surface area contributed by atoms with E-state index in [2.05, 4.69) is 13.2 Å². The molecule has 0 fully saturated rings. The minimum Gasteiger partial charge on any atom is -0.494 e. The van der Waals surface area contributed by atoms with Crippen LogP contribution in [0.15, 0.2) is 92.0 Å². The van der Waals surface area contributed by atoms with Crippen molar-refractivity contribution >= 4 is 23.9 Å². The van der Waals surface area contributed by atoms with Crippen molar-refractivity contribution in [2.45, 2.75) is 84.0 Å². The van der Waals surface area contributed by atoms with Crippen LogP contribution in [0.3, 0.4) is 0 Å². The summed E-state index contributed by atoms with van der Waals surface area (Å²) < 4.78 is 38.6. The highest BCUT2D eigenvalue weighted by Gasteiger charge is 2.23. The minimum absolute atomic E-state index is 0.330. The summed E-state index contributed by atoms with van der Waals surface area (Å²) in [6, 6.07) is 18.6. The van der Waals surface area contributed by atoms with E-state index in [1.807, 2.05) is 20.8 Å². The fraction of sp³-hybridized carbons (Fsp3) is 0.422. The van der Waals surface area contributed by atoms with E-state index in [9.17, 15) is 19.2 Å². The fourth-order valence-corrected chi connectivity index (χ4v) is 5.27. The van der Waals surface area contributed by atoms with Crippen LogP contribution in [-0.2, 0) is 29.2 Å². The maximum Gasteiger partial charge on any atom is 0.343 e. The number of benzene rings is 3. The molecule has 302 valence electrons. The number of carbonyl (C=O) groups is 4. The highest BCUT2D eigenvalue weighted by molar-refractivity contribution is 5.92. The molecule has 0 amide bonds. The van der Waals surface area contributed by atoms with Gasteiger partial charge in [0.1, 0.15) is 23.0 Å². The van der Waals surface area contributed by atoms with Gasteiger partial charge in [-0.3, -0.25) is 0 Å². The molecule has 0 radical (unpaired) electrons. The Balaban J connectivity index is 1.39. The maximum atomic E-state index is 13.1. The van der Waals surface area contributed by atoms with Gasteiger partial charge in [-0.05, 0) is 117 Å². The summed E-state index contributed by atoms with van der Waals surface area (Å²) in [5.74, 6) is 0.155. The van der Waals surface area contributed by atoms with Crippen molar-refractivity contribution in [3.63, 3.8) is 0 Å². The van der Waals surface area contributed by atoms with E-state index in [0.29, 0.717) is 85.8 Å². The lowest BCUT2D eigenvalue weighted by Crippen LogP contribution is -2.17. The zero-order valence-electron chi connectivity index (χ0n) is 33.0. The number of rotatable bonds is 26. The van der Waals surface area contributed by atoms with Gasteiger partial charge in [-0.2, -0.15) is 0 Å². The van der Waals surface area contributed by atoms with E-state index in [0.717, 1.165) is 63.5 Å². The van der Waals surface area contributed by atoms with Crippen LogP contribution in [0, 0.1) is 0 Å². The summed E-state index contributed by atoms with van der Waals surface area (Å²) >= 11 is 0. The highest BCUT2D eigenvalue weighted by Crippen LogP contribution is 2.35.